The van der Waals surface area contributed by atoms with Gasteiger partial charge in [-0.15, -0.1) is 0 Å². The fourth-order valence-corrected chi connectivity index (χ4v) is 7.03. The predicted octanol–water partition coefficient (Wildman–Crippen LogP) is 3.45. The monoisotopic (exact) mass is 613 g/mol. The minimum absolute atomic E-state index is 0.0794. The van der Waals surface area contributed by atoms with E-state index in [1.807, 2.05) is 40.7 Å². The summed E-state index contributed by atoms with van der Waals surface area (Å²) in [6, 6.07) is -1.27. The summed E-state index contributed by atoms with van der Waals surface area (Å²) in [4.78, 5) is 67.7. The van der Waals surface area contributed by atoms with Crippen LogP contribution in [0.1, 0.15) is 98.0 Å². The Bertz CT molecular complexity index is 1200. The second-order valence-electron chi connectivity index (χ2n) is 14.7. The summed E-state index contributed by atoms with van der Waals surface area (Å²) >= 11 is 0. The first-order valence-electron chi connectivity index (χ1n) is 16.2. The molecule has 44 heavy (non-hydrogen) atoms. The number of primary amides is 1. The van der Waals surface area contributed by atoms with Crippen molar-refractivity contribution in [1.82, 2.24) is 20.9 Å². The van der Waals surface area contributed by atoms with Crippen LogP contribution in [0.5, 0.6) is 0 Å². The predicted molar refractivity (Wildman–Crippen MR) is 165 cm³/mol. The molecule has 1 aliphatic heterocycles. The molecule has 0 bridgehead atoms. The average Bonchev–Trinajstić information content (AvgIpc) is 3.41. The lowest BCUT2D eigenvalue weighted by molar-refractivity contribution is -0.144. The molecule has 1 saturated heterocycles. The third-order valence-electron chi connectivity index (χ3n) is 9.69. The summed E-state index contributed by atoms with van der Waals surface area (Å²) in [5.74, 6) is -2.52. The van der Waals surface area contributed by atoms with Gasteiger partial charge in [-0.1, -0.05) is 66.7 Å². The Balaban J connectivity index is 1.53. The molecule has 2 unspecified atom stereocenters. The van der Waals surface area contributed by atoms with Gasteiger partial charge < -0.3 is 31.0 Å². The van der Waals surface area contributed by atoms with Gasteiger partial charge in [0, 0.05) is 12.1 Å². The molecule has 2 aliphatic carbocycles. The molecule has 3 fully saturated rings. The summed E-state index contributed by atoms with van der Waals surface area (Å²) in [6.45, 7) is 10.0. The van der Waals surface area contributed by atoms with Crippen molar-refractivity contribution in [1.29, 1.82) is 0 Å². The van der Waals surface area contributed by atoms with Gasteiger partial charge in [0.05, 0.1) is 18.6 Å². The van der Waals surface area contributed by atoms with E-state index in [4.69, 9.17) is 10.2 Å². The number of hydrogen-bond acceptors (Lipinski definition) is 6. The summed E-state index contributed by atoms with van der Waals surface area (Å²) in [5, 5.41) is 9.00. The Morgan fingerprint density at radius 1 is 1.05 bits per heavy atom. The molecule has 4 atom stereocenters. The van der Waals surface area contributed by atoms with Crippen LogP contribution in [0.25, 0.3) is 0 Å². The second-order valence-corrected chi connectivity index (χ2v) is 14.7. The third kappa shape index (κ3) is 8.21. The Hall–Kier alpha value is -3.37. The molecule has 244 valence electrons. The fraction of sp³-hybridized carbons (Fsp3) is 0.727. The van der Waals surface area contributed by atoms with Crippen LogP contribution in [0, 0.1) is 23.2 Å². The molecule has 0 spiro atoms. The second kappa shape index (κ2) is 13.7. The molecule has 11 heteroatoms. The van der Waals surface area contributed by atoms with Crippen LogP contribution >= 0.6 is 0 Å². The van der Waals surface area contributed by atoms with E-state index in [0.29, 0.717) is 25.8 Å². The zero-order valence-electron chi connectivity index (χ0n) is 26.9. The molecular weight excluding hydrogens is 562 g/mol. The number of hydrogen-bond donors (Lipinski definition) is 4. The maximum absolute atomic E-state index is 14.3. The van der Waals surface area contributed by atoms with E-state index >= 15 is 0 Å². The minimum Gasteiger partial charge on any atom is -0.472 e. The quantitative estimate of drug-likeness (QED) is 0.264. The Kier molecular flexibility index (Phi) is 10.5. The summed E-state index contributed by atoms with van der Waals surface area (Å²) in [5.41, 5.74) is 5.21. The van der Waals surface area contributed by atoms with Crippen molar-refractivity contribution in [3.8, 4) is 0 Å². The lowest BCUT2D eigenvalue weighted by Crippen LogP contribution is -2.63. The molecular formula is C33H51N5O6. The first-order chi connectivity index (χ1) is 20.7. The SMILES string of the molecule is CC(C)C1CCN(C(=O)[C@@H](NC(=O)NC2(Cc3ccoc3)CCCCC2)C(C)(C)C)[C@@H]1C(=O)NC(CC1CC1)C(=O)C(N)=O. The maximum Gasteiger partial charge on any atom is 0.315 e. The van der Waals surface area contributed by atoms with E-state index < -0.39 is 52.7 Å². The van der Waals surface area contributed by atoms with Crippen molar-refractivity contribution in [2.24, 2.45) is 28.9 Å². The van der Waals surface area contributed by atoms with Gasteiger partial charge in [-0.05, 0) is 66.9 Å². The van der Waals surface area contributed by atoms with Crippen molar-refractivity contribution < 1.29 is 28.4 Å². The number of nitrogens with zero attached hydrogens (tertiary/aromatic N) is 1. The van der Waals surface area contributed by atoms with E-state index in [2.05, 4.69) is 16.0 Å². The highest BCUT2D eigenvalue weighted by Crippen LogP contribution is 2.36. The van der Waals surface area contributed by atoms with Gasteiger partial charge in [0.2, 0.25) is 17.6 Å². The van der Waals surface area contributed by atoms with E-state index in [1.54, 1.807) is 17.4 Å². The molecule has 11 nitrogen and oxygen atoms in total. The number of nitrogens with one attached hydrogen (secondary N) is 3. The molecule has 2 heterocycles. The molecule has 1 aromatic rings. The third-order valence-corrected chi connectivity index (χ3v) is 9.69. The van der Waals surface area contributed by atoms with Crippen LogP contribution in [-0.2, 0) is 25.6 Å². The average molecular weight is 614 g/mol. The van der Waals surface area contributed by atoms with E-state index in [9.17, 15) is 24.0 Å². The van der Waals surface area contributed by atoms with E-state index in [1.165, 1.54) is 0 Å². The number of carbonyl (C=O) groups is 5. The summed E-state index contributed by atoms with van der Waals surface area (Å²) in [6.07, 6.45) is 11.6. The Morgan fingerprint density at radius 3 is 2.27 bits per heavy atom. The number of likely N-dealkylation sites (tertiary alicyclic amines) is 1. The zero-order chi connectivity index (χ0) is 32.2. The standard InChI is InChI=1S/C33H51N5O6/c1-20(2)23-11-15-38(25(23)29(41)35-24(17-21-9-10-21)26(39)28(34)40)30(42)27(32(3,4)5)36-31(43)37-33(13-7-6-8-14-33)18-22-12-16-44-19-22/h12,16,19-21,23-25,27H,6-11,13-15,17-18H2,1-5H3,(H2,34,40)(H,35,41)(H2,36,37,43)/t23?,24?,25-,27+/m0/s1. The number of urea groups is 1. The summed E-state index contributed by atoms with van der Waals surface area (Å²) < 4.78 is 5.28. The number of furan rings is 1. The number of Topliss-reactive ketones (excluding diaryl/α,β-unsaturated/α-hetero) is 1. The molecule has 4 rings (SSSR count). The van der Waals surface area contributed by atoms with Crippen LogP contribution in [0.15, 0.2) is 23.0 Å². The largest absolute Gasteiger partial charge is 0.472 e. The van der Waals surface area contributed by atoms with Crippen LogP contribution < -0.4 is 21.7 Å². The highest BCUT2D eigenvalue weighted by Gasteiger charge is 2.48. The minimum atomic E-state index is -1.08. The van der Waals surface area contributed by atoms with Crippen molar-refractivity contribution in [2.75, 3.05) is 6.54 Å². The number of ketones is 1. The fourth-order valence-electron chi connectivity index (χ4n) is 7.03. The number of amides is 5. The normalized spacial score (nSPS) is 23.1. The van der Waals surface area contributed by atoms with Gasteiger partial charge in [0.1, 0.15) is 12.1 Å². The molecule has 0 radical (unpaired) electrons. The molecule has 1 aromatic heterocycles. The van der Waals surface area contributed by atoms with Crippen LogP contribution in [0.2, 0.25) is 0 Å². The first-order valence-corrected chi connectivity index (χ1v) is 16.2. The maximum atomic E-state index is 14.3. The van der Waals surface area contributed by atoms with Crippen molar-refractivity contribution >= 4 is 29.5 Å². The highest BCUT2D eigenvalue weighted by atomic mass is 16.3. The lowest BCUT2D eigenvalue weighted by Gasteiger charge is -2.40. The van der Waals surface area contributed by atoms with Crippen molar-refractivity contribution in [3.05, 3.63) is 24.2 Å². The summed E-state index contributed by atoms with van der Waals surface area (Å²) in [7, 11) is 0. The van der Waals surface area contributed by atoms with Gasteiger partial charge >= 0.3 is 6.03 Å². The number of nitrogens with two attached hydrogens (primary N) is 1. The van der Waals surface area contributed by atoms with Gasteiger partial charge in [-0.2, -0.15) is 0 Å². The van der Waals surface area contributed by atoms with Crippen molar-refractivity contribution in [2.45, 2.75) is 122 Å². The smallest absolute Gasteiger partial charge is 0.315 e. The van der Waals surface area contributed by atoms with Gasteiger partial charge in [-0.3, -0.25) is 19.2 Å². The van der Waals surface area contributed by atoms with E-state index in [0.717, 1.165) is 50.5 Å². The van der Waals surface area contributed by atoms with Gasteiger partial charge in [0.25, 0.3) is 5.91 Å². The Morgan fingerprint density at radius 2 is 1.73 bits per heavy atom. The molecule has 5 N–H and O–H groups in total. The van der Waals surface area contributed by atoms with Crippen molar-refractivity contribution in [3.63, 3.8) is 0 Å². The number of rotatable bonds is 12. The highest BCUT2D eigenvalue weighted by molar-refractivity contribution is 6.37. The zero-order valence-corrected chi connectivity index (χ0v) is 26.9. The molecule has 5 amide bonds. The van der Waals surface area contributed by atoms with Crippen LogP contribution in [0.4, 0.5) is 4.79 Å². The first kappa shape index (κ1) is 33.5. The van der Waals surface area contributed by atoms with Crippen LogP contribution in [-0.4, -0.2) is 64.6 Å². The van der Waals surface area contributed by atoms with Gasteiger partial charge in [-0.25, -0.2) is 4.79 Å². The van der Waals surface area contributed by atoms with E-state index in [-0.39, 0.29) is 23.7 Å². The van der Waals surface area contributed by atoms with Crippen LogP contribution in [0.3, 0.4) is 0 Å². The Labute approximate surface area is 260 Å². The molecule has 2 saturated carbocycles. The lowest BCUT2D eigenvalue weighted by atomic mass is 9.78. The van der Waals surface area contributed by atoms with Gasteiger partial charge in [0.15, 0.2) is 0 Å². The molecule has 0 aromatic carbocycles. The number of carbonyl (C=O) groups excluding carboxylic acids is 5. The molecule has 3 aliphatic rings. The topological polar surface area (TPSA) is 164 Å².